The van der Waals surface area contributed by atoms with Gasteiger partial charge in [-0.1, -0.05) is 226 Å². The van der Waals surface area contributed by atoms with Gasteiger partial charge in [0.15, 0.2) is 0 Å². The van der Waals surface area contributed by atoms with Crippen molar-refractivity contribution >= 4 is 5.91 Å². The molecule has 0 aliphatic heterocycles. The summed E-state index contributed by atoms with van der Waals surface area (Å²) in [6.07, 6.45) is 47.0. The molecule has 0 saturated carbocycles. The summed E-state index contributed by atoms with van der Waals surface area (Å²) in [4.78, 5) is 14.3. The normalized spacial score (nSPS) is 12.2. The van der Waals surface area contributed by atoms with E-state index in [0.29, 0.717) is 13.0 Å². The second-order valence-electron chi connectivity index (χ2n) is 15.7. The summed E-state index contributed by atoms with van der Waals surface area (Å²) in [5, 5.41) is 19.9. The molecule has 0 aromatic heterocycles. The Kier molecular flexibility index (Phi) is 42.2. The van der Waals surface area contributed by atoms with Gasteiger partial charge in [0, 0.05) is 26.1 Å². The molecule has 0 saturated heterocycles. The Morgan fingerprint density at radius 2 is 0.780 bits per heavy atom. The van der Waals surface area contributed by atoms with Gasteiger partial charge in [-0.25, -0.2) is 0 Å². The number of hydrogen-bond donors (Lipinski definition) is 2. The van der Waals surface area contributed by atoms with Crippen molar-refractivity contribution in [3.05, 3.63) is 0 Å². The van der Waals surface area contributed by atoms with Crippen molar-refractivity contribution in [1.82, 2.24) is 4.90 Å². The van der Waals surface area contributed by atoms with E-state index in [0.717, 1.165) is 19.3 Å². The van der Waals surface area contributed by atoms with Crippen LogP contribution < -0.4 is 0 Å². The van der Waals surface area contributed by atoms with Gasteiger partial charge in [0.25, 0.3) is 0 Å². The Morgan fingerprint density at radius 1 is 0.480 bits per heavy atom. The molecule has 0 radical (unpaired) electrons. The van der Waals surface area contributed by atoms with Gasteiger partial charge in [-0.15, -0.1) is 0 Å². The molecule has 0 bridgehead atoms. The standard InChI is InChI=1S/C45H91NO4/c1-3-5-7-9-11-13-15-17-18-19-20-21-22-23-24-25-27-29-31-33-35-37-41-50-43-44(48)42-46(39-40-47)45(49)38-36-34-32-30-28-26-16-14-12-10-8-6-4-2/h44,47-48H,3-43H2,1-2H3. The maximum atomic E-state index is 12.7. The Bertz CT molecular complexity index is 645. The van der Waals surface area contributed by atoms with E-state index in [1.807, 2.05) is 0 Å². The van der Waals surface area contributed by atoms with Crippen LogP contribution in [0.3, 0.4) is 0 Å². The average molecular weight is 710 g/mol. The number of hydrogen-bond acceptors (Lipinski definition) is 4. The van der Waals surface area contributed by atoms with Crippen molar-refractivity contribution in [2.45, 2.75) is 251 Å². The zero-order valence-electron chi connectivity index (χ0n) is 34.2. The highest BCUT2D eigenvalue weighted by Crippen LogP contribution is 2.16. The summed E-state index contributed by atoms with van der Waals surface area (Å²) in [6, 6.07) is 0. The number of unbranched alkanes of at least 4 members (excludes halogenated alkanes) is 33. The number of aliphatic hydroxyl groups excluding tert-OH is 2. The van der Waals surface area contributed by atoms with Crippen LogP contribution in [0.2, 0.25) is 0 Å². The SMILES string of the molecule is CCCCCCCCCCCCCCCCCCCCCCCCOCC(O)CN(CCO)C(=O)CCCCCCCCCCCCCCC. The number of aliphatic hydroxyl groups is 2. The minimum atomic E-state index is -0.697. The fourth-order valence-electron chi connectivity index (χ4n) is 7.23. The van der Waals surface area contributed by atoms with Gasteiger partial charge >= 0.3 is 0 Å². The number of amides is 1. The van der Waals surface area contributed by atoms with Crippen LogP contribution in [0.4, 0.5) is 0 Å². The van der Waals surface area contributed by atoms with E-state index in [2.05, 4.69) is 13.8 Å². The Morgan fingerprint density at radius 3 is 1.10 bits per heavy atom. The van der Waals surface area contributed by atoms with Crippen LogP contribution in [0, 0.1) is 0 Å². The lowest BCUT2D eigenvalue weighted by molar-refractivity contribution is -0.134. The third kappa shape index (κ3) is 38.6. The highest BCUT2D eigenvalue weighted by molar-refractivity contribution is 5.76. The molecule has 300 valence electrons. The van der Waals surface area contributed by atoms with Gasteiger partial charge in [-0.2, -0.15) is 0 Å². The lowest BCUT2D eigenvalue weighted by atomic mass is 10.0. The predicted octanol–water partition coefficient (Wildman–Crippen LogP) is 13.3. The quantitative estimate of drug-likeness (QED) is 0.0618. The first-order valence-electron chi connectivity index (χ1n) is 22.8. The number of nitrogens with zero attached hydrogens (tertiary/aromatic N) is 1. The summed E-state index contributed by atoms with van der Waals surface area (Å²) in [6.45, 7) is 5.95. The minimum Gasteiger partial charge on any atom is -0.395 e. The van der Waals surface area contributed by atoms with Crippen molar-refractivity contribution in [2.75, 3.05) is 32.9 Å². The number of rotatable bonds is 43. The van der Waals surface area contributed by atoms with Crippen molar-refractivity contribution in [1.29, 1.82) is 0 Å². The van der Waals surface area contributed by atoms with Gasteiger partial charge in [-0.05, 0) is 12.8 Å². The summed E-state index contributed by atoms with van der Waals surface area (Å²) >= 11 is 0. The molecule has 1 unspecified atom stereocenters. The summed E-state index contributed by atoms with van der Waals surface area (Å²) < 4.78 is 5.73. The van der Waals surface area contributed by atoms with E-state index in [9.17, 15) is 15.0 Å². The third-order valence-corrected chi connectivity index (χ3v) is 10.6. The zero-order valence-corrected chi connectivity index (χ0v) is 34.2. The highest BCUT2D eigenvalue weighted by atomic mass is 16.5. The molecule has 0 aromatic rings. The largest absolute Gasteiger partial charge is 0.395 e. The molecule has 0 aliphatic carbocycles. The molecule has 0 rings (SSSR count). The Labute approximate surface area is 313 Å². The second-order valence-corrected chi connectivity index (χ2v) is 15.7. The third-order valence-electron chi connectivity index (χ3n) is 10.6. The van der Waals surface area contributed by atoms with Crippen molar-refractivity contribution < 1.29 is 19.7 Å². The molecule has 0 spiro atoms. The maximum Gasteiger partial charge on any atom is 0.222 e. The van der Waals surface area contributed by atoms with E-state index >= 15 is 0 Å². The van der Waals surface area contributed by atoms with Crippen LogP contribution in [0.1, 0.15) is 245 Å². The van der Waals surface area contributed by atoms with Gasteiger partial charge < -0.3 is 19.8 Å². The van der Waals surface area contributed by atoms with Gasteiger partial charge in [0.05, 0.1) is 19.3 Å². The Balaban J connectivity index is 3.50. The lowest BCUT2D eigenvalue weighted by Gasteiger charge is -2.24. The van der Waals surface area contributed by atoms with Crippen molar-refractivity contribution in [2.24, 2.45) is 0 Å². The maximum absolute atomic E-state index is 12.7. The van der Waals surface area contributed by atoms with E-state index in [1.165, 1.54) is 205 Å². The molecular formula is C45H91NO4. The molecule has 0 aromatic carbocycles. The fraction of sp³-hybridized carbons (Fsp3) is 0.978. The molecule has 1 atom stereocenters. The highest BCUT2D eigenvalue weighted by Gasteiger charge is 2.17. The van der Waals surface area contributed by atoms with Gasteiger partial charge in [-0.3, -0.25) is 4.79 Å². The molecule has 2 N–H and O–H groups in total. The molecule has 5 nitrogen and oxygen atoms in total. The molecule has 50 heavy (non-hydrogen) atoms. The first kappa shape index (κ1) is 49.4. The van der Waals surface area contributed by atoms with E-state index in [4.69, 9.17) is 4.74 Å². The van der Waals surface area contributed by atoms with Crippen LogP contribution in [0.5, 0.6) is 0 Å². The summed E-state index contributed by atoms with van der Waals surface area (Å²) in [7, 11) is 0. The zero-order chi connectivity index (χ0) is 36.4. The van der Waals surface area contributed by atoms with Crippen LogP contribution in [0.25, 0.3) is 0 Å². The molecular weight excluding hydrogens is 618 g/mol. The fourth-order valence-corrected chi connectivity index (χ4v) is 7.23. The molecule has 0 fully saturated rings. The van der Waals surface area contributed by atoms with E-state index < -0.39 is 6.10 Å². The van der Waals surface area contributed by atoms with Crippen LogP contribution in [-0.4, -0.2) is 60.0 Å². The van der Waals surface area contributed by atoms with Crippen LogP contribution in [0.15, 0.2) is 0 Å². The first-order chi connectivity index (χ1) is 24.7. The smallest absolute Gasteiger partial charge is 0.222 e. The first-order valence-corrected chi connectivity index (χ1v) is 22.8. The minimum absolute atomic E-state index is 0.0424. The monoisotopic (exact) mass is 710 g/mol. The van der Waals surface area contributed by atoms with Gasteiger partial charge in [0.2, 0.25) is 5.91 Å². The number of carbonyl (C=O) groups excluding carboxylic acids is 1. The van der Waals surface area contributed by atoms with E-state index in [1.54, 1.807) is 4.90 Å². The predicted molar refractivity (Wildman–Crippen MR) is 218 cm³/mol. The van der Waals surface area contributed by atoms with Crippen LogP contribution >= 0.6 is 0 Å². The molecule has 5 heteroatoms. The number of carbonyl (C=O) groups is 1. The number of ether oxygens (including phenoxy) is 1. The topological polar surface area (TPSA) is 70.0 Å². The lowest BCUT2D eigenvalue weighted by Crippen LogP contribution is -2.40. The average Bonchev–Trinajstić information content (AvgIpc) is 3.11. The van der Waals surface area contributed by atoms with E-state index in [-0.39, 0.29) is 32.2 Å². The molecule has 0 heterocycles. The van der Waals surface area contributed by atoms with Crippen molar-refractivity contribution in [3.63, 3.8) is 0 Å². The summed E-state index contributed by atoms with van der Waals surface area (Å²) in [5.74, 6) is 0.0424. The van der Waals surface area contributed by atoms with Crippen LogP contribution in [-0.2, 0) is 9.53 Å². The molecule has 1 amide bonds. The second kappa shape index (κ2) is 42.8. The van der Waals surface area contributed by atoms with Crippen molar-refractivity contribution in [3.8, 4) is 0 Å². The van der Waals surface area contributed by atoms with Gasteiger partial charge in [0.1, 0.15) is 0 Å². The Hall–Kier alpha value is -0.650. The molecule has 0 aliphatic rings. The summed E-state index contributed by atoms with van der Waals surface area (Å²) in [5.41, 5.74) is 0.